The largest absolute Gasteiger partial charge is 0.497 e. The number of carbonyl (C=O) groups is 1. The standard InChI is InChI=1S/C23H32N2O2/c1-4-16-24(17-15-20-9-7-6-8-10-20)18-19-25(23(26)5-2)21-11-13-22(27-3)14-12-21/h6-14H,4-5,15-19H2,1-3H3. The first-order valence-electron chi connectivity index (χ1n) is 9.88. The zero-order valence-electron chi connectivity index (χ0n) is 16.9. The molecule has 0 bridgehead atoms. The highest BCUT2D eigenvalue weighted by Crippen LogP contribution is 2.20. The van der Waals surface area contributed by atoms with Crippen LogP contribution in [0.5, 0.6) is 5.75 Å². The molecule has 0 saturated heterocycles. The Kier molecular flexibility index (Phi) is 8.85. The van der Waals surface area contributed by atoms with E-state index in [1.54, 1.807) is 7.11 Å². The van der Waals surface area contributed by atoms with E-state index in [1.807, 2.05) is 36.1 Å². The Labute approximate surface area is 163 Å². The molecule has 0 unspecified atom stereocenters. The van der Waals surface area contributed by atoms with E-state index in [2.05, 4.69) is 42.2 Å². The van der Waals surface area contributed by atoms with E-state index in [-0.39, 0.29) is 5.91 Å². The smallest absolute Gasteiger partial charge is 0.226 e. The normalized spacial score (nSPS) is 10.8. The number of anilines is 1. The SMILES string of the molecule is CCCN(CCc1ccccc1)CCN(C(=O)CC)c1ccc(OC)cc1. The minimum atomic E-state index is 0.152. The lowest BCUT2D eigenvalue weighted by Crippen LogP contribution is -2.39. The third-order valence-electron chi connectivity index (χ3n) is 4.73. The monoisotopic (exact) mass is 368 g/mol. The van der Waals surface area contributed by atoms with Gasteiger partial charge in [0.2, 0.25) is 5.91 Å². The summed E-state index contributed by atoms with van der Waals surface area (Å²) in [5.41, 5.74) is 2.29. The Bertz CT molecular complexity index is 671. The van der Waals surface area contributed by atoms with Gasteiger partial charge in [-0.3, -0.25) is 4.79 Å². The fourth-order valence-electron chi connectivity index (χ4n) is 3.18. The van der Waals surface area contributed by atoms with Gasteiger partial charge in [-0.2, -0.15) is 0 Å². The summed E-state index contributed by atoms with van der Waals surface area (Å²) in [4.78, 5) is 16.8. The predicted molar refractivity (Wildman–Crippen MR) is 113 cm³/mol. The fourth-order valence-corrected chi connectivity index (χ4v) is 3.18. The average Bonchev–Trinajstić information content (AvgIpc) is 2.73. The second-order valence-corrected chi connectivity index (χ2v) is 6.67. The molecule has 0 spiro atoms. The van der Waals surface area contributed by atoms with Gasteiger partial charge in [0.1, 0.15) is 5.75 Å². The first-order chi connectivity index (χ1) is 13.2. The molecule has 0 aliphatic carbocycles. The van der Waals surface area contributed by atoms with Crippen LogP contribution in [0.25, 0.3) is 0 Å². The topological polar surface area (TPSA) is 32.8 Å². The number of carbonyl (C=O) groups excluding carboxylic acids is 1. The first kappa shape index (κ1) is 21.0. The summed E-state index contributed by atoms with van der Waals surface area (Å²) in [6, 6.07) is 18.3. The van der Waals surface area contributed by atoms with Gasteiger partial charge in [-0.25, -0.2) is 0 Å². The Morgan fingerprint density at radius 3 is 2.19 bits per heavy atom. The van der Waals surface area contributed by atoms with Crippen LogP contribution in [-0.4, -0.2) is 44.1 Å². The van der Waals surface area contributed by atoms with Gasteiger partial charge >= 0.3 is 0 Å². The van der Waals surface area contributed by atoms with Gasteiger partial charge in [0.05, 0.1) is 7.11 Å². The third-order valence-corrected chi connectivity index (χ3v) is 4.73. The molecule has 2 aromatic carbocycles. The highest BCUT2D eigenvalue weighted by atomic mass is 16.5. The maximum Gasteiger partial charge on any atom is 0.226 e. The van der Waals surface area contributed by atoms with Crippen LogP contribution in [0.3, 0.4) is 0 Å². The molecule has 0 N–H and O–H groups in total. The van der Waals surface area contributed by atoms with E-state index in [4.69, 9.17) is 4.74 Å². The minimum Gasteiger partial charge on any atom is -0.497 e. The predicted octanol–water partition coefficient (Wildman–Crippen LogP) is 4.39. The summed E-state index contributed by atoms with van der Waals surface area (Å²) < 4.78 is 5.23. The summed E-state index contributed by atoms with van der Waals surface area (Å²) in [6.45, 7) is 7.75. The minimum absolute atomic E-state index is 0.152. The highest BCUT2D eigenvalue weighted by Gasteiger charge is 2.15. The second-order valence-electron chi connectivity index (χ2n) is 6.67. The summed E-state index contributed by atoms with van der Waals surface area (Å²) >= 11 is 0. The molecule has 0 fully saturated rings. The summed E-state index contributed by atoms with van der Waals surface area (Å²) in [5.74, 6) is 0.956. The lowest BCUT2D eigenvalue weighted by molar-refractivity contribution is -0.118. The Morgan fingerprint density at radius 2 is 1.59 bits per heavy atom. The van der Waals surface area contributed by atoms with Crippen LogP contribution in [0.4, 0.5) is 5.69 Å². The lowest BCUT2D eigenvalue weighted by Gasteiger charge is -2.28. The fraction of sp³-hybridized carbons (Fsp3) is 0.435. The summed E-state index contributed by atoms with van der Waals surface area (Å²) in [5, 5.41) is 0. The van der Waals surface area contributed by atoms with E-state index < -0.39 is 0 Å². The number of hydrogen-bond donors (Lipinski definition) is 0. The van der Waals surface area contributed by atoms with Crippen molar-refractivity contribution in [2.75, 3.05) is 38.2 Å². The average molecular weight is 369 g/mol. The van der Waals surface area contributed by atoms with Crippen LogP contribution in [0.2, 0.25) is 0 Å². The molecule has 0 aliphatic rings. The summed E-state index contributed by atoms with van der Waals surface area (Å²) in [6.07, 6.45) is 2.65. The van der Waals surface area contributed by atoms with Crippen LogP contribution < -0.4 is 9.64 Å². The Morgan fingerprint density at radius 1 is 0.889 bits per heavy atom. The van der Waals surface area contributed by atoms with Crippen molar-refractivity contribution < 1.29 is 9.53 Å². The van der Waals surface area contributed by atoms with Crippen LogP contribution >= 0.6 is 0 Å². The Hall–Kier alpha value is -2.33. The van der Waals surface area contributed by atoms with Crippen LogP contribution in [0.15, 0.2) is 54.6 Å². The molecule has 2 rings (SSSR count). The van der Waals surface area contributed by atoms with Crippen molar-refractivity contribution in [3.63, 3.8) is 0 Å². The molecule has 0 radical (unpaired) electrons. The lowest BCUT2D eigenvalue weighted by atomic mass is 10.1. The van der Waals surface area contributed by atoms with Crippen LogP contribution in [-0.2, 0) is 11.2 Å². The molecule has 2 aromatic rings. The molecule has 27 heavy (non-hydrogen) atoms. The number of rotatable bonds is 11. The van der Waals surface area contributed by atoms with Gasteiger partial charge < -0.3 is 14.5 Å². The molecular formula is C23H32N2O2. The third kappa shape index (κ3) is 6.72. The number of hydrogen-bond acceptors (Lipinski definition) is 3. The van der Waals surface area contributed by atoms with Gasteiger partial charge in [0.25, 0.3) is 0 Å². The van der Waals surface area contributed by atoms with Crippen LogP contribution in [0.1, 0.15) is 32.3 Å². The van der Waals surface area contributed by atoms with Crippen molar-refractivity contribution >= 4 is 11.6 Å². The van der Waals surface area contributed by atoms with Gasteiger partial charge in [-0.05, 0) is 49.2 Å². The van der Waals surface area contributed by atoms with Crippen molar-refractivity contribution in [3.05, 3.63) is 60.2 Å². The number of methoxy groups -OCH3 is 1. The van der Waals surface area contributed by atoms with Gasteiger partial charge in [0.15, 0.2) is 0 Å². The number of ether oxygens (including phenoxy) is 1. The highest BCUT2D eigenvalue weighted by molar-refractivity contribution is 5.93. The van der Waals surface area contributed by atoms with Crippen molar-refractivity contribution in [2.24, 2.45) is 0 Å². The molecule has 1 amide bonds. The van der Waals surface area contributed by atoms with Gasteiger partial charge in [-0.15, -0.1) is 0 Å². The van der Waals surface area contributed by atoms with Crippen LogP contribution in [0, 0.1) is 0 Å². The molecule has 0 heterocycles. The van der Waals surface area contributed by atoms with E-state index >= 15 is 0 Å². The zero-order valence-corrected chi connectivity index (χ0v) is 16.9. The van der Waals surface area contributed by atoms with E-state index in [1.165, 1.54) is 5.56 Å². The molecule has 4 nitrogen and oxygen atoms in total. The number of amides is 1. The molecule has 0 aromatic heterocycles. The quantitative estimate of drug-likeness (QED) is 0.590. The van der Waals surface area contributed by atoms with E-state index in [9.17, 15) is 4.79 Å². The van der Waals surface area contributed by atoms with Gasteiger partial charge in [0, 0.05) is 31.7 Å². The molecular weight excluding hydrogens is 336 g/mol. The van der Waals surface area contributed by atoms with E-state index in [0.717, 1.165) is 43.9 Å². The summed E-state index contributed by atoms with van der Waals surface area (Å²) in [7, 11) is 1.65. The molecule has 0 saturated carbocycles. The number of benzene rings is 2. The van der Waals surface area contributed by atoms with Crippen molar-refractivity contribution in [2.45, 2.75) is 33.1 Å². The molecule has 4 heteroatoms. The molecule has 0 atom stereocenters. The maximum absolute atomic E-state index is 12.5. The van der Waals surface area contributed by atoms with Gasteiger partial charge in [-0.1, -0.05) is 44.2 Å². The van der Waals surface area contributed by atoms with Crippen molar-refractivity contribution in [1.82, 2.24) is 4.90 Å². The maximum atomic E-state index is 12.5. The Balaban J connectivity index is 1.99. The zero-order chi connectivity index (χ0) is 19.5. The molecule has 0 aliphatic heterocycles. The van der Waals surface area contributed by atoms with E-state index in [0.29, 0.717) is 13.0 Å². The molecule has 146 valence electrons. The first-order valence-corrected chi connectivity index (χ1v) is 9.88. The van der Waals surface area contributed by atoms with Crippen molar-refractivity contribution in [3.8, 4) is 5.75 Å². The number of nitrogens with zero attached hydrogens (tertiary/aromatic N) is 2. The second kappa shape index (κ2) is 11.4. The van der Waals surface area contributed by atoms with Crippen molar-refractivity contribution in [1.29, 1.82) is 0 Å².